The van der Waals surface area contributed by atoms with E-state index in [1.54, 1.807) is 0 Å². The Morgan fingerprint density at radius 2 is 1.76 bits per heavy atom. The minimum atomic E-state index is 0.563. The summed E-state index contributed by atoms with van der Waals surface area (Å²) < 4.78 is 2.02. The first-order valence-corrected chi connectivity index (χ1v) is 7.83. The average molecular weight is 285 g/mol. The molecule has 2 aromatic rings. The topological polar surface area (TPSA) is 29.9 Å². The van der Waals surface area contributed by atoms with Crippen LogP contribution >= 0.6 is 0 Å². The molecular weight excluding hydrogens is 258 g/mol. The Kier molecular flexibility index (Phi) is 5.18. The van der Waals surface area contributed by atoms with Gasteiger partial charge in [0.1, 0.15) is 0 Å². The predicted molar refractivity (Wildman–Crippen MR) is 88.9 cm³/mol. The highest BCUT2D eigenvalue weighted by molar-refractivity contribution is 5.37. The Hall–Kier alpha value is -1.61. The SMILES string of the molecule is Cc1c(CNCC(C)C)cnn1-c1ccc(C(C)C)cc1. The first-order chi connectivity index (χ1) is 9.99. The van der Waals surface area contributed by atoms with Crippen molar-refractivity contribution in [3.63, 3.8) is 0 Å². The van der Waals surface area contributed by atoms with Gasteiger partial charge in [0.05, 0.1) is 11.9 Å². The zero-order valence-electron chi connectivity index (χ0n) is 13.9. The van der Waals surface area contributed by atoms with Crippen molar-refractivity contribution in [1.82, 2.24) is 15.1 Å². The number of aromatic nitrogens is 2. The Morgan fingerprint density at radius 1 is 1.10 bits per heavy atom. The third-order valence-corrected chi connectivity index (χ3v) is 3.78. The van der Waals surface area contributed by atoms with Crippen LogP contribution in [0, 0.1) is 12.8 Å². The fourth-order valence-electron chi connectivity index (χ4n) is 2.37. The van der Waals surface area contributed by atoms with Crippen LogP contribution in [0.15, 0.2) is 30.5 Å². The molecule has 0 radical (unpaired) electrons. The van der Waals surface area contributed by atoms with Gasteiger partial charge in [0.2, 0.25) is 0 Å². The molecule has 1 aromatic carbocycles. The average Bonchev–Trinajstić information content (AvgIpc) is 2.80. The van der Waals surface area contributed by atoms with E-state index >= 15 is 0 Å². The molecule has 0 saturated carbocycles. The van der Waals surface area contributed by atoms with E-state index in [9.17, 15) is 0 Å². The van der Waals surface area contributed by atoms with E-state index in [1.807, 2.05) is 10.9 Å². The van der Waals surface area contributed by atoms with Gasteiger partial charge in [-0.15, -0.1) is 0 Å². The molecule has 0 saturated heterocycles. The van der Waals surface area contributed by atoms with E-state index in [4.69, 9.17) is 0 Å². The number of rotatable bonds is 6. The van der Waals surface area contributed by atoms with E-state index in [-0.39, 0.29) is 0 Å². The van der Waals surface area contributed by atoms with Crippen LogP contribution in [0.5, 0.6) is 0 Å². The second-order valence-electron chi connectivity index (χ2n) is 6.44. The molecule has 21 heavy (non-hydrogen) atoms. The maximum atomic E-state index is 4.53. The smallest absolute Gasteiger partial charge is 0.0648 e. The maximum Gasteiger partial charge on any atom is 0.0648 e. The van der Waals surface area contributed by atoms with Gasteiger partial charge in [0.15, 0.2) is 0 Å². The summed E-state index contributed by atoms with van der Waals surface area (Å²) in [6, 6.07) is 8.69. The van der Waals surface area contributed by atoms with Gasteiger partial charge in [-0.05, 0) is 43.0 Å². The molecular formula is C18H27N3. The van der Waals surface area contributed by atoms with E-state index in [2.05, 4.69) is 69.3 Å². The van der Waals surface area contributed by atoms with E-state index < -0.39 is 0 Å². The van der Waals surface area contributed by atoms with Crippen molar-refractivity contribution in [3.8, 4) is 5.69 Å². The summed E-state index contributed by atoms with van der Waals surface area (Å²) in [6.07, 6.45) is 1.97. The quantitative estimate of drug-likeness (QED) is 0.867. The van der Waals surface area contributed by atoms with Crippen molar-refractivity contribution >= 4 is 0 Å². The van der Waals surface area contributed by atoms with Crippen LogP contribution in [-0.4, -0.2) is 16.3 Å². The molecule has 2 rings (SSSR count). The molecule has 0 aliphatic heterocycles. The summed E-state index contributed by atoms with van der Waals surface area (Å²) in [5.74, 6) is 1.23. The van der Waals surface area contributed by atoms with Gasteiger partial charge < -0.3 is 5.32 Å². The van der Waals surface area contributed by atoms with Crippen molar-refractivity contribution in [2.24, 2.45) is 5.92 Å². The van der Waals surface area contributed by atoms with Crippen LogP contribution in [0.3, 0.4) is 0 Å². The highest BCUT2D eigenvalue weighted by Gasteiger charge is 2.08. The first kappa shape index (κ1) is 15.8. The molecule has 1 heterocycles. The van der Waals surface area contributed by atoms with Crippen molar-refractivity contribution in [2.45, 2.75) is 47.1 Å². The zero-order chi connectivity index (χ0) is 15.4. The van der Waals surface area contributed by atoms with Crippen LogP contribution in [0.4, 0.5) is 0 Å². The van der Waals surface area contributed by atoms with Crippen LogP contribution in [-0.2, 0) is 6.54 Å². The number of nitrogens with zero attached hydrogens (tertiary/aromatic N) is 2. The zero-order valence-corrected chi connectivity index (χ0v) is 13.9. The molecule has 3 heteroatoms. The maximum absolute atomic E-state index is 4.53. The second-order valence-corrected chi connectivity index (χ2v) is 6.44. The molecule has 0 aliphatic carbocycles. The van der Waals surface area contributed by atoms with Crippen molar-refractivity contribution in [1.29, 1.82) is 0 Å². The molecule has 0 bridgehead atoms. The van der Waals surface area contributed by atoms with Gasteiger partial charge in [0, 0.05) is 17.8 Å². The van der Waals surface area contributed by atoms with E-state index in [0.717, 1.165) is 18.8 Å². The number of hydrogen-bond acceptors (Lipinski definition) is 2. The lowest BCUT2D eigenvalue weighted by molar-refractivity contribution is 0.551. The standard InChI is InChI=1S/C18H27N3/c1-13(2)10-19-11-17-12-20-21(15(17)5)18-8-6-16(7-9-18)14(3)4/h6-9,12-14,19H,10-11H2,1-5H3. The summed E-state index contributed by atoms with van der Waals surface area (Å²) >= 11 is 0. The largest absolute Gasteiger partial charge is 0.312 e. The molecule has 3 nitrogen and oxygen atoms in total. The molecule has 0 unspecified atom stereocenters. The van der Waals surface area contributed by atoms with Crippen molar-refractivity contribution in [3.05, 3.63) is 47.3 Å². The summed E-state index contributed by atoms with van der Waals surface area (Å²) in [7, 11) is 0. The Balaban J connectivity index is 2.12. The molecule has 0 amide bonds. The molecule has 0 aliphatic rings. The van der Waals surface area contributed by atoms with Gasteiger partial charge in [-0.2, -0.15) is 5.10 Å². The lowest BCUT2D eigenvalue weighted by Gasteiger charge is -2.10. The molecule has 114 valence electrons. The van der Waals surface area contributed by atoms with Crippen LogP contribution < -0.4 is 5.32 Å². The molecule has 0 spiro atoms. The summed E-state index contributed by atoms with van der Waals surface area (Å²) in [4.78, 5) is 0. The Bertz CT molecular complexity index is 565. The van der Waals surface area contributed by atoms with E-state index in [0.29, 0.717) is 11.8 Å². The minimum Gasteiger partial charge on any atom is -0.312 e. The fourth-order valence-corrected chi connectivity index (χ4v) is 2.37. The van der Waals surface area contributed by atoms with Crippen molar-refractivity contribution < 1.29 is 0 Å². The summed E-state index contributed by atoms with van der Waals surface area (Å²) in [5.41, 5.74) is 4.97. The molecule has 1 aromatic heterocycles. The lowest BCUT2D eigenvalue weighted by atomic mass is 10.0. The molecule has 0 fully saturated rings. The van der Waals surface area contributed by atoms with Crippen molar-refractivity contribution in [2.75, 3.05) is 6.54 Å². The van der Waals surface area contributed by atoms with Gasteiger partial charge in [-0.1, -0.05) is 39.8 Å². The van der Waals surface area contributed by atoms with Crippen LogP contribution in [0.1, 0.15) is 50.4 Å². The minimum absolute atomic E-state index is 0.563. The highest BCUT2D eigenvalue weighted by Crippen LogP contribution is 2.18. The Morgan fingerprint density at radius 3 is 2.33 bits per heavy atom. The summed E-state index contributed by atoms with van der Waals surface area (Å²) in [5, 5.41) is 8.01. The van der Waals surface area contributed by atoms with Crippen LogP contribution in [0.25, 0.3) is 5.69 Å². The van der Waals surface area contributed by atoms with E-state index in [1.165, 1.54) is 16.8 Å². The number of hydrogen-bond donors (Lipinski definition) is 1. The number of nitrogens with one attached hydrogen (secondary N) is 1. The molecule has 1 N–H and O–H groups in total. The fraction of sp³-hybridized carbons (Fsp3) is 0.500. The predicted octanol–water partition coefficient (Wildman–Crippen LogP) is 4.05. The highest BCUT2D eigenvalue weighted by atomic mass is 15.3. The third kappa shape index (κ3) is 3.94. The second kappa shape index (κ2) is 6.90. The van der Waals surface area contributed by atoms with Gasteiger partial charge in [0.25, 0.3) is 0 Å². The Labute approximate surface area is 128 Å². The van der Waals surface area contributed by atoms with Gasteiger partial charge in [-0.25, -0.2) is 4.68 Å². The van der Waals surface area contributed by atoms with Gasteiger partial charge >= 0.3 is 0 Å². The van der Waals surface area contributed by atoms with Crippen LogP contribution in [0.2, 0.25) is 0 Å². The number of benzene rings is 1. The third-order valence-electron chi connectivity index (χ3n) is 3.78. The summed E-state index contributed by atoms with van der Waals surface area (Å²) in [6.45, 7) is 12.9. The first-order valence-electron chi connectivity index (χ1n) is 7.83. The lowest BCUT2D eigenvalue weighted by Crippen LogP contribution is -2.19. The molecule has 0 atom stereocenters. The van der Waals surface area contributed by atoms with Gasteiger partial charge in [-0.3, -0.25) is 0 Å². The monoisotopic (exact) mass is 285 g/mol. The normalized spacial score (nSPS) is 11.6.